The molecule has 0 aliphatic heterocycles. The zero-order valence-electron chi connectivity index (χ0n) is 10.3. The summed E-state index contributed by atoms with van der Waals surface area (Å²) in [6, 6.07) is -0.139. The van der Waals surface area contributed by atoms with Gasteiger partial charge in [-0.2, -0.15) is 0 Å². The lowest BCUT2D eigenvalue weighted by molar-refractivity contribution is -0.125. The highest BCUT2D eigenvalue weighted by atomic mass is 16.2. The van der Waals surface area contributed by atoms with Crippen LogP contribution in [0.1, 0.15) is 47.0 Å². The molecule has 0 radical (unpaired) electrons. The van der Waals surface area contributed by atoms with E-state index >= 15 is 0 Å². The SMILES string of the molecule is CC(NC(=O)C(N)C(C)(C)C)C1CCC1. The molecule has 1 aliphatic carbocycles. The molecule has 0 aromatic heterocycles. The Kier molecular flexibility index (Phi) is 3.77. The first kappa shape index (κ1) is 12.5. The molecule has 0 spiro atoms. The van der Waals surface area contributed by atoms with Crippen molar-refractivity contribution in [2.24, 2.45) is 17.1 Å². The molecule has 3 nitrogen and oxygen atoms in total. The summed E-state index contributed by atoms with van der Waals surface area (Å²) in [6.45, 7) is 8.05. The molecular weight excluding hydrogens is 188 g/mol. The van der Waals surface area contributed by atoms with Crippen molar-refractivity contribution in [2.45, 2.75) is 59.0 Å². The first-order chi connectivity index (χ1) is 6.82. The van der Waals surface area contributed by atoms with Crippen molar-refractivity contribution in [1.29, 1.82) is 0 Å². The lowest BCUT2D eigenvalue weighted by atomic mass is 9.80. The molecule has 0 aromatic carbocycles. The molecule has 0 saturated heterocycles. The van der Waals surface area contributed by atoms with Gasteiger partial charge in [-0.15, -0.1) is 0 Å². The zero-order chi connectivity index (χ0) is 11.6. The fraction of sp³-hybridized carbons (Fsp3) is 0.917. The monoisotopic (exact) mass is 212 g/mol. The quantitative estimate of drug-likeness (QED) is 0.747. The fourth-order valence-electron chi connectivity index (χ4n) is 1.77. The van der Waals surface area contributed by atoms with Crippen molar-refractivity contribution < 1.29 is 4.79 Å². The van der Waals surface area contributed by atoms with Crippen molar-refractivity contribution in [2.75, 3.05) is 0 Å². The van der Waals surface area contributed by atoms with Crippen LogP contribution in [-0.4, -0.2) is 18.0 Å². The summed E-state index contributed by atoms with van der Waals surface area (Å²) in [5.74, 6) is 0.656. The molecule has 3 N–H and O–H groups in total. The molecule has 2 atom stereocenters. The Labute approximate surface area is 92.8 Å². The van der Waals surface area contributed by atoms with Crippen molar-refractivity contribution in [3.05, 3.63) is 0 Å². The van der Waals surface area contributed by atoms with E-state index in [1.807, 2.05) is 20.8 Å². The number of nitrogens with two attached hydrogens (primary N) is 1. The molecule has 1 aliphatic rings. The van der Waals surface area contributed by atoms with E-state index in [0.29, 0.717) is 5.92 Å². The molecule has 1 rings (SSSR count). The summed E-state index contributed by atoms with van der Waals surface area (Å²) in [6.07, 6.45) is 3.79. The Morgan fingerprint density at radius 1 is 1.40 bits per heavy atom. The van der Waals surface area contributed by atoms with Crippen LogP contribution in [0.3, 0.4) is 0 Å². The van der Waals surface area contributed by atoms with Crippen LogP contribution in [-0.2, 0) is 4.79 Å². The van der Waals surface area contributed by atoms with Gasteiger partial charge < -0.3 is 11.1 Å². The number of carbonyl (C=O) groups is 1. The molecule has 15 heavy (non-hydrogen) atoms. The summed E-state index contributed by atoms with van der Waals surface area (Å²) in [4.78, 5) is 11.8. The van der Waals surface area contributed by atoms with Crippen LogP contribution in [0.2, 0.25) is 0 Å². The van der Waals surface area contributed by atoms with Crippen LogP contribution in [0.15, 0.2) is 0 Å². The summed E-state index contributed by atoms with van der Waals surface area (Å²) in [5.41, 5.74) is 5.73. The van der Waals surface area contributed by atoms with Crippen molar-refractivity contribution in [3.8, 4) is 0 Å². The Morgan fingerprint density at radius 3 is 2.27 bits per heavy atom. The van der Waals surface area contributed by atoms with Crippen LogP contribution in [0.25, 0.3) is 0 Å². The highest BCUT2D eigenvalue weighted by Crippen LogP contribution is 2.29. The van der Waals surface area contributed by atoms with E-state index in [4.69, 9.17) is 5.73 Å². The van der Waals surface area contributed by atoms with Gasteiger partial charge in [-0.1, -0.05) is 27.2 Å². The van der Waals surface area contributed by atoms with E-state index in [-0.39, 0.29) is 17.4 Å². The van der Waals surface area contributed by atoms with E-state index in [0.717, 1.165) is 0 Å². The van der Waals surface area contributed by atoms with Gasteiger partial charge in [-0.25, -0.2) is 0 Å². The van der Waals surface area contributed by atoms with E-state index in [9.17, 15) is 4.79 Å². The third-order valence-corrected chi connectivity index (χ3v) is 3.44. The molecule has 1 fully saturated rings. The first-order valence-electron chi connectivity index (χ1n) is 5.88. The highest BCUT2D eigenvalue weighted by molar-refractivity contribution is 5.82. The summed E-state index contributed by atoms with van der Waals surface area (Å²) in [5, 5.41) is 3.02. The molecule has 2 unspecified atom stereocenters. The van der Waals surface area contributed by atoms with Crippen LogP contribution in [0, 0.1) is 11.3 Å². The minimum absolute atomic E-state index is 0.0121. The van der Waals surface area contributed by atoms with Crippen molar-refractivity contribution >= 4 is 5.91 Å². The normalized spacial score (nSPS) is 21.7. The largest absolute Gasteiger partial charge is 0.352 e. The molecule has 0 heterocycles. The van der Waals surface area contributed by atoms with Gasteiger partial charge in [0.2, 0.25) is 5.91 Å². The van der Waals surface area contributed by atoms with Crippen LogP contribution < -0.4 is 11.1 Å². The van der Waals surface area contributed by atoms with E-state index in [1.165, 1.54) is 19.3 Å². The van der Waals surface area contributed by atoms with Crippen LogP contribution in [0.4, 0.5) is 0 Å². The Balaban J connectivity index is 2.40. The van der Waals surface area contributed by atoms with Gasteiger partial charge in [-0.3, -0.25) is 4.79 Å². The molecule has 1 amide bonds. The molecule has 3 heteroatoms. The van der Waals surface area contributed by atoms with Crippen LogP contribution >= 0.6 is 0 Å². The predicted molar refractivity (Wildman–Crippen MR) is 62.4 cm³/mol. The Hall–Kier alpha value is -0.570. The summed E-state index contributed by atoms with van der Waals surface area (Å²) in [7, 11) is 0. The Morgan fingerprint density at radius 2 is 1.93 bits per heavy atom. The average molecular weight is 212 g/mol. The number of rotatable bonds is 3. The summed E-state index contributed by atoms with van der Waals surface area (Å²) >= 11 is 0. The molecule has 0 aromatic rings. The first-order valence-corrected chi connectivity index (χ1v) is 5.88. The van der Waals surface area contributed by atoms with Gasteiger partial charge in [-0.05, 0) is 31.1 Å². The lowest BCUT2D eigenvalue weighted by Gasteiger charge is -2.34. The lowest BCUT2D eigenvalue weighted by Crippen LogP contribution is -2.52. The van der Waals surface area contributed by atoms with E-state index in [2.05, 4.69) is 12.2 Å². The molecular formula is C12H24N2O. The molecule has 88 valence electrons. The average Bonchev–Trinajstić information content (AvgIpc) is 1.97. The number of carbonyl (C=O) groups excluding carboxylic acids is 1. The second-order valence-electron chi connectivity index (χ2n) is 5.83. The summed E-state index contributed by atoms with van der Waals surface area (Å²) < 4.78 is 0. The van der Waals surface area contributed by atoms with Gasteiger partial charge in [0.15, 0.2) is 0 Å². The predicted octanol–water partition coefficient (Wildman–Crippen LogP) is 1.66. The molecule has 0 bridgehead atoms. The van der Waals surface area contributed by atoms with Crippen molar-refractivity contribution in [1.82, 2.24) is 5.32 Å². The third kappa shape index (κ3) is 3.20. The maximum Gasteiger partial charge on any atom is 0.237 e. The van der Waals surface area contributed by atoms with Gasteiger partial charge in [0.1, 0.15) is 0 Å². The van der Waals surface area contributed by atoms with E-state index < -0.39 is 6.04 Å². The van der Waals surface area contributed by atoms with Crippen molar-refractivity contribution in [3.63, 3.8) is 0 Å². The number of nitrogens with one attached hydrogen (secondary N) is 1. The number of hydrogen-bond donors (Lipinski definition) is 2. The number of amides is 1. The van der Waals surface area contributed by atoms with Gasteiger partial charge in [0, 0.05) is 6.04 Å². The fourth-order valence-corrected chi connectivity index (χ4v) is 1.77. The standard InChI is InChI=1S/C12H24N2O/c1-8(9-6-5-7-9)14-11(15)10(13)12(2,3)4/h8-10H,5-7,13H2,1-4H3,(H,14,15). The smallest absolute Gasteiger partial charge is 0.237 e. The van der Waals surface area contributed by atoms with Gasteiger partial charge in [0.05, 0.1) is 6.04 Å². The molecule has 1 saturated carbocycles. The van der Waals surface area contributed by atoms with Crippen LogP contribution in [0.5, 0.6) is 0 Å². The zero-order valence-corrected chi connectivity index (χ0v) is 10.3. The minimum atomic E-state index is -0.417. The second-order valence-corrected chi connectivity index (χ2v) is 5.83. The topological polar surface area (TPSA) is 55.1 Å². The highest BCUT2D eigenvalue weighted by Gasteiger charge is 2.31. The second kappa shape index (κ2) is 4.52. The van der Waals surface area contributed by atoms with Gasteiger partial charge >= 0.3 is 0 Å². The maximum atomic E-state index is 11.8. The minimum Gasteiger partial charge on any atom is -0.352 e. The third-order valence-electron chi connectivity index (χ3n) is 3.44. The Bertz CT molecular complexity index is 228. The van der Waals surface area contributed by atoms with E-state index in [1.54, 1.807) is 0 Å². The maximum absolute atomic E-state index is 11.8. The number of hydrogen-bond acceptors (Lipinski definition) is 2. The van der Waals surface area contributed by atoms with Gasteiger partial charge in [0.25, 0.3) is 0 Å².